The molecule has 282 valence electrons. The second-order valence-electron chi connectivity index (χ2n) is 18.1. The van der Waals surface area contributed by atoms with Gasteiger partial charge in [-0.3, -0.25) is 4.90 Å². The number of aromatic nitrogens is 1. The molecular weight excluding hydrogens is 687 g/mol. The van der Waals surface area contributed by atoms with Gasteiger partial charge >= 0.3 is 0 Å². The molecule has 0 fully saturated rings. The van der Waals surface area contributed by atoms with Crippen molar-refractivity contribution >= 4 is 23.1 Å². The number of nitrogens with zero attached hydrogens (tertiary/aromatic N) is 3. The maximum atomic E-state index is 7.13. The van der Waals surface area contributed by atoms with Crippen LogP contribution in [0, 0.1) is 0 Å². The van der Waals surface area contributed by atoms with Crippen molar-refractivity contribution in [3.63, 3.8) is 0 Å². The van der Waals surface area contributed by atoms with Gasteiger partial charge in [-0.25, -0.2) is 9.98 Å². The van der Waals surface area contributed by atoms with Crippen molar-refractivity contribution in [2.24, 2.45) is 4.99 Å². The van der Waals surface area contributed by atoms with Crippen LogP contribution in [0.3, 0.4) is 0 Å². The quantitative estimate of drug-likeness (QED) is 0.177. The molecule has 2 aliphatic heterocycles. The summed E-state index contributed by atoms with van der Waals surface area (Å²) in [5.74, 6) is 3.31. The van der Waals surface area contributed by atoms with E-state index in [4.69, 9.17) is 19.5 Å². The first-order valence-electron chi connectivity index (χ1n) is 20.0. The zero-order valence-corrected chi connectivity index (χ0v) is 34.1. The lowest BCUT2D eigenvalue weighted by atomic mass is 9.73. The van der Waals surface area contributed by atoms with Gasteiger partial charge in [0.05, 0.1) is 11.4 Å². The van der Waals surface area contributed by atoms with E-state index in [0.29, 0.717) is 5.90 Å². The lowest BCUT2D eigenvalue weighted by Gasteiger charge is -2.41. The minimum atomic E-state index is -0.670. The highest BCUT2D eigenvalue weighted by Crippen LogP contribution is 2.54. The molecule has 0 bridgehead atoms. The summed E-state index contributed by atoms with van der Waals surface area (Å²) >= 11 is 0. The van der Waals surface area contributed by atoms with E-state index in [0.717, 1.165) is 51.8 Å². The molecular formula is C51H51N3O2. The normalized spacial score (nSPS) is 20.5. The van der Waals surface area contributed by atoms with Crippen molar-refractivity contribution in [2.75, 3.05) is 4.90 Å². The fourth-order valence-electron chi connectivity index (χ4n) is 9.06. The van der Waals surface area contributed by atoms with Gasteiger partial charge < -0.3 is 9.47 Å². The first-order chi connectivity index (χ1) is 26.7. The minimum Gasteiger partial charge on any atom is -0.464 e. The molecule has 0 saturated carbocycles. The van der Waals surface area contributed by atoms with Crippen LogP contribution in [0.4, 0.5) is 17.2 Å². The van der Waals surface area contributed by atoms with Crippen LogP contribution in [0.2, 0.25) is 0 Å². The highest BCUT2D eigenvalue weighted by molar-refractivity contribution is 5.97. The molecule has 0 unspecified atom stereocenters. The van der Waals surface area contributed by atoms with Gasteiger partial charge in [0.25, 0.3) is 0 Å². The molecule has 3 heterocycles. The van der Waals surface area contributed by atoms with Crippen molar-refractivity contribution in [3.05, 3.63) is 166 Å². The molecule has 1 aliphatic carbocycles. The van der Waals surface area contributed by atoms with Gasteiger partial charge in [0, 0.05) is 35.2 Å². The van der Waals surface area contributed by atoms with Crippen LogP contribution in [-0.4, -0.2) is 16.4 Å². The largest absolute Gasteiger partial charge is 0.464 e. The minimum absolute atomic E-state index is 0.0216. The Morgan fingerprint density at radius 3 is 2.16 bits per heavy atom. The van der Waals surface area contributed by atoms with Crippen molar-refractivity contribution < 1.29 is 9.47 Å². The molecule has 6 aromatic rings. The molecule has 0 amide bonds. The third-order valence-electron chi connectivity index (χ3n) is 12.6. The fourth-order valence-corrected chi connectivity index (χ4v) is 9.06. The molecule has 9 rings (SSSR count). The Morgan fingerprint density at radius 2 is 1.39 bits per heavy atom. The average molecular weight is 738 g/mol. The molecule has 1 aromatic heterocycles. The number of ether oxygens (including phenoxy) is 2. The van der Waals surface area contributed by atoms with Gasteiger partial charge in [-0.15, -0.1) is 0 Å². The number of hydrogen-bond acceptors (Lipinski definition) is 5. The van der Waals surface area contributed by atoms with Gasteiger partial charge in [-0.2, -0.15) is 0 Å². The van der Waals surface area contributed by atoms with Gasteiger partial charge in [0.15, 0.2) is 5.60 Å². The topological polar surface area (TPSA) is 47.0 Å². The van der Waals surface area contributed by atoms with Crippen LogP contribution in [0.25, 0.3) is 11.1 Å². The zero-order chi connectivity index (χ0) is 39.2. The molecule has 2 atom stereocenters. The van der Waals surface area contributed by atoms with Crippen molar-refractivity contribution in [3.8, 4) is 22.6 Å². The van der Waals surface area contributed by atoms with Crippen LogP contribution in [0.5, 0.6) is 11.5 Å². The van der Waals surface area contributed by atoms with Crippen LogP contribution in [0.1, 0.15) is 107 Å². The predicted octanol–water partition coefficient (Wildman–Crippen LogP) is 13.1. The molecule has 0 radical (unpaired) electrons. The maximum Gasteiger partial charge on any atom is 0.217 e. The van der Waals surface area contributed by atoms with Crippen LogP contribution in [0.15, 0.2) is 133 Å². The average Bonchev–Trinajstić information content (AvgIpc) is 3.41. The predicted molar refractivity (Wildman–Crippen MR) is 229 cm³/mol. The van der Waals surface area contributed by atoms with E-state index < -0.39 is 11.1 Å². The Bertz CT molecular complexity index is 2560. The summed E-state index contributed by atoms with van der Waals surface area (Å²) in [4.78, 5) is 12.7. The number of rotatable bonds is 5. The van der Waals surface area contributed by atoms with E-state index in [1.54, 1.807) is 0 Å². The number of aliphatic imine (C=N–C) groups is 1. The summed E-state index contributed by atoms with van der Waals surface area (Å²) in [6, 6.07) is 43.4. The van der Waals surface area contributed by atoms with Gasteiger partial charge in [-0.1, -0.05) is 121 Å². The maximum absolute atomic E-state index is 7.13. The number of hydrogen-bond donors (Lipinski definition) is 0. The van der Waals surface area contributed by atoms with E-state index in [1.807, 2.05) is 6.20 Å². The van der Waals surface area contributed by atoms with Crippen molar-refractivity contribution in [1.82, 2.24) is 4.98 Å². The molecule has 56 heavy (non-hydrogen) atoms. The van der Waals surface area contributed by atoms with Crippen molar-refractivity contribution in [2.45, 2.75) is 96.6 Å². The smallest absolute Gasteiger partial charge is 0.217 e. The van der Waals surface area contributed by atoms with Gasteiger partial charge in [0.2, 0.25) is 5.90 Å². The number of para-hydroxylation sites is 1. The Morgan fingerprint density at radius 1 is 0.696 bits per heavy atom. The number of anilines is 3. The van der Waals surface area contributed by atoms with Crippen LogP contribution in [-0.2, 0) is 27.6 Å². The molecule has 0 N–H and O–H groups in total. The summed E-state index contributed by atoms with van der Waals surface area (Å²) in [6.07, 6.45) is 2.70. The fraction of sp³-hybridized carbons (Fsp3) is 0.294. The van der Waals surface area contributed by atoms with Gasteiger partial charge in [-0.05, 0) is 107 Å². The third-order valence-corrected chi connectivity index (χ3v) is 12.6. The molecule has 5 aromatic carbocycles. The van der Waals surface area contributed by atoms with E-state index >= 15 is 0 Å². The van der Waals surface area contributed by atoms with E-state index in [9.17, 15) is 0 Å². The summed E-state index contributed by atoms with van der Waals surface area (Å²) < 4.78 is 14.0. The Labute approximate surface area is 332 Å². The highest BCUT2D eigenvalue weighted by Gasteiger charge is 2.56. The SMILES string of the molecule is CC(C)c1cc(Oc2ccc3c(c2)N(c2cc(C(C)(C)C)ccn2)c2ccccc2C3(C)C)cc(C2=N[C@]3(C)Cc4ccccc4-c4ccccc4[C@]3(C)O2)c1. The molecule has 5 heteroatoms. The standard InChI is InChI=1S/C51H51N3O2/c1-32(2)34-26-35(47-53-50(8)31-33-16-10-11-17-39(33)40-18-12-13-19-41(40)51(50,9)56-47)28-38(27-34)55-37-22-23-43-45(30-37)54(44-21-15-14-20-42(44)49(43,6)7)46-29-36(24-25-52-46)48(3,4)5/h10-30,32H,31H2,1-9H3/t50-,51+/m1/s1. The van der Waals surface area contributed by atoms with Crippen LogP contribution < -0.4 is 9.64 Å². The lowest BCUT2D eigenvalue weighted by molar-refractivity contribution is 0.0320. The summed E-state index contributed by atoms with van der Waals surface area (Å²) in [7, 11) is 0. The second-order valence-corrected chi connectivity index (χ2v) is 18.1. The summed E-state index contributed by atoms with van der Waals surface area (Å²) in [6.45, 7) is 20.2. The molecule has 5 nitrogen and oxygen atoms in total. The summed E-state index contributed by atoms with van der Waals surface area (Å²) in [5, 5.41) is 0. The zero-order valence-electron chi connectivity index (χ0n) is 34.1. The lowest BCUT2D eigenvalue weighted by Crippen LogP contribution is -2.45. The van der Waals surface area contributed by atoms with E-state index in [2.05, 4.69) is 189 Å². The number of pyridine rings is 1. The van der Waals surface area contributed by atoms with E-state index in [1.165, 1.54) is 33.4 Å². The molecule has 0 saturated heterocycles. The first-order valence-corrected chi connectivity index (χ1v) is 20.0. The second kappa shape index (κ2) is 12.7. The number of benzene rings is 5. The molecule has 0 spiro atoms. The monoisotopic (exact) mass is 737 g/mol. The Balaban J connectivity index is 1.13. The third kappa shape index (κ3) is 5.66. The van der Waals surface area contributed by atoms with Crippen molar-refractivity contribution in [1.29, 1.82) is 0 Å². The Kier molecular flexibility index (Phi) is 8.14. The summed E-state index contributed by atoms with van der Waals surface area (Å²) in [5.41, 5.74) is 11.5. The van der Waals surface area contributed by atoms with E-state index in [-0.39, 0.29) is 16.7 Å². The highest BCUT2D eigenvalue weighted by atomic mass is 16.5. The van der Waals surface area contributed by atoms with Gasteiger partial charge in [0.1, 0.15) is 22.9 Å². The first kappa shape index (κ1) is 36.0. The Hall–Kier alpha value is -5.68. The molecule has 3 aliphatic rings. The van der Waals surface area contributed by atoms with Crippen LogP contribution >= 0.6 is 0 Å². The number of fused-ring (bicyclic) bond motifs is 7.